The fourth-order valence-electron chi connectivity index (χ4n) is 2.33. The highest BCUT2D eigenvalue weighted by Gasteiger charge is 2.48. The number of carbonyl (C=O) groups excluding carboxylic acids is 1. The van der Waals surface area contributed by atoms with Crippen LogP contribution in [-0.2, 0) is 9.59 Å². The van der Waals surface area contributed by atoms with Crippen LogP contribution >= 0.6 is 0 Å². The molecule has 0 bridgehead atoms. The van der Waals surface area contributed by atoms with Gasteiger partial charge in [0.1, 0.15) is 0 Å². The van der Waals surface area contributed by atoms with Gasteiger partial charge in [0, 0.05) is 0 Å². The van der Waals surface area contributed by atoms with Crippen LogP contribution in [0, 0.1) is 11.8 Å². The van der Waals surface area contributed by atoms with E-state index >= 15 is 0 Å². The molecule has 0 radical (unpaired) electrons. The van der Waals surface area contributed by atoms with Gasteiger partial charge in [-0.1, -0.05) is 12.8 Å². The number of aliphatic hydroxyl groups is 1. The molecule has 0 spiro atoms. The summed E-state index contributed by atoms with van der Waals surface area (Å²) in [7, 11) is 0. The van der Waals surface area contributed by atoms with E-state index in [0.717, 1.165) is 25.7 Å². The lowest BCUT2D eigenvalue weighted by atomic mass is 9.92. The van der Waals surface area contributed by atoms with Crippen molar-refractivity contribution in [2.75, 3.05) is 0 Å². The zero-order chi connectivity index (χ0) is 11.7. The van der Waals surface area contributed by atoms with Crippen molar-refractivity contribution in [1.82, 2.24) is 5.32 Å². The van der Waals surface area contributed by atoms with Gasteiger partial charge in [-0.15, -0.1) is 0 Å². The second-order valence-corrected chi connectivity index (χ2v) is 4.75. The largest absolute Gasteiger partial charge is 0.481 e. The maximum Gasteiger partial charge on any atom is 0.307 e. The summed E-state index contributed by atoms with van der Waals surface area (Å²) in [6.07, 6.45) is 3.48. The quantitative estimate of drug-likeness (QED) is 0.639. The Morgan fingerprint density at radius 1 is 1.12 bits per heavy atom. The minimum Gasteiger partial charge on any atom is -0.481 e. The highest BCUT2D eigenvalue weighted by Crippen LogP contribution is 2.39. The average Bonchev–Trinajstić information content (AvgIpc) is 3.01. The fraction of sp³-hybridized carbons (Fsp3) is 0.818. The van der Waals surface area contributed by atoms with Crippen molar-refractivity contribution in [3.05, 3.63) is 0 Å². The van der Waals surface area contributed by atoms with E-state index in [2.05, 4.69) is 5.32 Å². The molecule has 0 heterocycles. The SMILES string of the molecule is O=C(O)C1CC1C(=O)NC1CCCCC1O. The fourth-order valence-corrected chi connectivity index (χ4v) is 2.33. The molecule has 5 heteroatoms. The Labute approximate surface area is 93.8 Å². The molecule has 4 atom stereocenters. The maximum atomic E-state index is 11.6. The molecule has 90 valence electrons. The average molecular weight is 227 g/mol. The highest BCUT2D eigenvalue weighted by molar-refractivity contribution is 5.89. The molecule has 16 heavy (non-hydrogen) atoms. The van der Waals surface area contributed by atoms with Gasteiger partial charge in [-0.05, 0) is 19.3 Å². The first kappa shape index (κ1) is 11.4. The van der Waals surface area contributed by atoms with Gasteiger partial charge in [-0.25, -0.2) is 0 Å². The molecule has 3 N–H and O–H groups in total. The van der Waals surface area contributed by atoms with Crippen LogP contribution in [0.25, 0.3) is 0 Å². The van der Waals surface area contributed by atoms with Crippen LogP contribution < -0.4 is 5.32 Å². The van der Waals surface area contributed by atoms with Crippen LogP contribution in [0.1, 0.15) is 32.1 Å². The van der Waals surface area contributed by atoms with Gasteiger partial charge in [0.2, 0.25) is 5.91 Å². The van der Waals surface area contributed by atoms with Crippen molar-refractivity contribution >= 4 is 11.9 Å². The Morgan fingerprint density at radius 3 is 2.38 bits per heavy atom. The van der Waals surface area contributed by atoms with Gasteiger partial charge in [0.15, 0.2) is 0 Å². The van der Waals surface area contributed by atoms with Crippen LogP contribution in [0.4, 0.5) is 0 Å². The van der Waals surface area contributed by atoms with Crippen molar-refractivity contribution in [2.45, 2.75) is 44.2 Å². The number of carbonyl (C=O) groups is 2. The standard InChI is InChI=1S/C11H17NO4/c13-9-4-2-1-3-8(9)12-10(14)6-5-7(6)11(15)16/h6-9,13H,1-5H2,(H,12,14)(H,15,16). The molecule has 0 aliphatic heterocycles. The second-order valence-electron chi connectivity index (χ2n) is 4.75. The van der Waals surface area contributed by atoms with E-state index in [1.54, 1.807) is 0 Å². The Hall–Kier alpha value is -1.10. The summed E-state index contributed by atoms with van der Waals surface area (Å²) in [5.41, 5.74) is 0. The first-order valence-electron chi connectivity index (χ1n) is 5.81. The first-order chi connectivity index (χ1) is 7.59. The Bertz CT molecular complexity index is 304. The second kappa shape index (κ2) is 4.41. The van der Waals surface area contributed by atoms with Crippen molar-refractivity contribution in [3.63, 3.8) is 0 Å². The first-order valence-corrected chi connectivity index (χ1v) is 5.81. The molecule has 2 saturated carbocycles. The van der Waals surface area contributed by atoms with Gasteiger partial charge in [0.05, 0.1) is 24.0 Å². The third kappa shape index (κ3) is 2.35. The van der Waals surface area contributed by atoms with Gasteiger partial charge in [-0.2, -0.15) is 0 Å². The highest BCUT2D eigenvalue weighted by atomic mass is 16.4. The number of amides is 1. The third-order valence-corrected chi connectivity index (χ3v) is 3.50. The number of aliphatic hydroxyl groups excluding tert-OH is 1. The van der Waals surface area contributed by atoms with Crippen LogP contribution in [0.2, 0.25) is 0 Å². The lowest BCUT2D eigenvalue weighted by Gasteiger charge is -2.28. The zero-order valence-electron chi connectivity index (χ0n) is 9.06. The van der Waals surface area contributed by atoms with E-state index in [1.165, 1.54) is 0 Å². The van der Waals surface area contributed by atoms with E-state index in [9.17, 15) is 14.7 Å². The van der Waals surface area contributed by atoms with Crippen molar-refractivity contribution in [1.29, 1.82) is 0 Å². The molecule has 0 aromatic rings. The Kier molecular flexibility index (Phi) is 3.14. The van der Waals surface area contributed by atoms with Crippen LogP contribution in [0.3, 0.4) is 0 Å². The summed E-state index contributed by atoms with van der Waals surface area (Å²) >= 11 is 0. The molecule has 2 fully saturated rings. The van der Waals surface area contributed by atoms with Crippen LogP contribution in [-0.4, -0.2) is 34.2 Å². The van der Waals surface area contributed by atoms with E-state index in [1.807, 2.05) is 0 Å². The Balaban J connectivity index is 1.81. The summed E-state index contributed by atoms with van der Waals surface area (Å²) in [6.45, 7) is 0. The minimum absolute atomic E-state index is 0.184. The molecular weight excluding hydrogens is 210 g/mol. The van der Waals surface area contributed by atoms with Crippen molar-refractivity contribution in [2.24, 2.45) is 11.8 Å². The zero-order valence-corrected chi connectivity index (χ0v) is 9.06. The van der Waals surface area contributed by atoms with E-state index in [4.69, 9.17) is 5.11 Å². The Morgan fingerprint density at radius 2 is 1.81 bits per heavy atom. The number of aliphatic carboxylic acids is 1. The van der Waals surface area contributed by atoms with E-state index < -0.39 is 18.0 Å². The van der Waals surface area contributed by atoms with Gasteiger partial charge in [-0.3, -0.25) is 9.59 Å². The summed E-state index contributed by atoms with van der Waals surface area (Å²) < 4.78 is 0. The van der Waals surface area contributed by atoms with E-state index in [0.29, 0.717) is 6.42 Å². The molecule has 2 aliphatic carbocycles. The van der Waals surface area contributed by atoms with Crippen molar-refractivity contribution in [3.8, 4) is 0 Å². The molecule has 2 aliphatic rings. The number of nitrogens with one attached hydrogen (secondary N) is 1. The van der Waals surface area contributed by atoms with Gasteiger partial charge in [0.25, 0.3) is 0 Å². The summed E-state index contributed by atoms with van der Waals surface area (Å²) in [5, 5.41) is 21.1. The monoisotopic (exact) mass is 227 g/mol. The molecule has 0 aromatic carbocycles. The molecule has 1 amide bonds. The maximum absolute atomic E-state index is 11.6. The minimum atomic E-state index is -0.899. The number of carboxylic acid groups (broad SMARTS) is 1. The lowest BCUT2D eigenvalue weighted by Crippen LogP contribution is -2.45. The molecule has 2 rings (SSSR count). The predicted octanol–water partition coefficient (Wildman–Crippen LogP) is 0.127. The van der Waals surface area contributed by atoms with E-state index in [-0.39, 0.29) is 17.9 Å². The third-order valence-electron chi connectivity index (χ3n) is 3.50. The number of carboxylic acids is 1. The smallest absolute Gasteiger partial charge is 0.307 e. The molecule has 0 saturated heterocycles. The van der Waals surface area contributed by atoms with Crippen molar-refractivity contribution < 1.29 is 19.8 Å². The summed E-state index contributed by atoms with van der Waals surface area (Å²) in [4.78, 5) is 22.3. The normalized spacial score (nSPS) is 37.8. The predicted molar refractivity (Wildman–Crippen MR) is 55.6 cm³/mol. The van der Waals surface area contributed by atoms with Gasteiger partial charge >= 0.3 is 5.97 Å². The lowest BCUT2D eigenvalue weighted by molar-refractivity contribution is -0.140. The summed E-state index contributed by atoms with van der Waals surface area (Å²) in [6, 6.07) is -0.184. The number of rotatable bonds is 3. The number of hydrogen-bond donors (Lipinski definition) is 3. The van der Waals surface area contributed by atoms with Gasteiger partial charge < -0.3 is 15.5 Å². The molecular formula is C11H17NO4. The van der Waals surface area contributed by atoms with Crippen LogP contribution in [0.5, 0.6) is 0 Å². The topological polar surface area (TPSA) is 86.6 Å². The molecule has 5 nitrogen and oxygen atoms in total. The van der Waals surface area contributed by atoms with Crippen LogP contribution in [0.15, 0.2) is 0 Å². The number of hydrogen-bond acceptors (Lipinski definition) is 3. The summed E-state index contributed by atoms with van der Waals surface area (Å²) in [5.74, 6) is -2.00. The molecule has 4 unspecified atom stereocenters. The molecule has 0 aromatic heterocycles.